The summed E-state index contributed by atoms with van der Waals surface area (Å²) in [5, 5.41) is 6.77. The van der Waals surface area contributed by atoms with Gasteiger partial charge in [-0.1, -0.05) is 18.2 Å². The molecule has 0 aliphatic carbocycles. The Kier molecular flexibility index (Phi) is 3.62. The molecule has 0 bridgehead atoms. The van der Waals surface area contributed by atoms with Crippen LogP contribution < -0.4 is 5.73 Å². The highest BCUT2D eigenvalue weighted by molar-refractivity contribution is 7.91. The molecule has 0 fully saturated rings. The van der Waals surface area contributed by atoms with E-state index in [2.05, 4.69) is 0 Å². The molecule has 0 aliphatic heterocycles. The van der Waals surface area contributed by atoms with Gasteiger partial charge in [0.05, 0.1) is 10.6 Å². The fourth-order valence-corrected chi connectivity index (χ4v) is 2.36. The van der Waals surface area contributed by atoms with Crippen molar-refractivity contribution in [3.8, 4) is 0 Å². The summed E-state index contributed by atoms with van der Waals surface area (Å²) in [6, 6.07) is 8.10. The van der Waals surface area contributed by atoms with Crippen LogP contribution in [-0.4, -0.2) is 20.4 Å². The summed E-state index contributed by atoms with van der Waals surface area (Å²) >= 11 is 0. The van der Waals surface area contributed by atoms with Crippen molar-refractivity contribution in [1.29, 1.82) is 5.41 Å². The molecule has 3 N–H and O–H groups in total. The topological polar surface area (TPSA) is 84.0 Å². The van der Waals surface area contributed by atoms with E-state index in [0.29, 0.717) is 0 Å². The molecule has 80 valence electrons. The van der Waals surface area contributed by atoms with Crippen molar-refractivity contribution in [3.05, 3.63) is 42.1 Å². The summed E-state index contributed by atoms with van der Waals surface area (Å²) in [5.41, 5.74) is 5.60. The molecule has 5 heteroatoms. The van der Waals surface area contributed by atoms with Crippen LogP contribution in [0.25, 0.3) is 0 Å². The molecule has 1 aromatic rings. The van der Waals surface area contributed by atoms with Gasteiger partial charge in [-0.05, 0) is 18.2 Å². The van der Waals surface area contributed by atoms with Crippen LogP contribution in [0.2, 0.25) is 0 Å². The first-order valence-corrected chi connectivity index (χ1v) is 5.94. The monoisotopic (exact) mass is 224 g/mol. The number of rotatable bonds is 4. The van der Waals surface area contributed by atoms with E-state index >= 15 is 0 Å². The highest BCUT2D eigenvalue weighted by Gasteiger charge is 2.14. The lowest BCUT2D eigenvalue weighted by Gasteiger charge is -2.03. The predicted octanol–water partition coefficient (Wildman–Crippen LogP) is 0.952. The number of hydrogen-bond donors (Lipinski definition) is 2. The second-order valence-electron chi connectivity index (χ2n) is 2.98. The van der Waals surface area contributed by atoms with E-state index in [-0.39, 0.29) is 16.3 Å². The summed E-state index contributed by atoms with van der Waals surface area (Å²) in [6.07, 6.45) is 2.23. The number of benzene rings is 1. The van der Waals surface area contributed by atoms with Gasteiger partial charge in [0.25, 0.3) is 0 Å². The van der Waals surface area contributed by atoms with Gasteiger partial charge in [0.2, 0.25) is 0 Å². The van der Waals surface area contributed by atoms with Crippen LogP contribution in [0.4, 0.5) is 0 Å². The molecule has 1 rings (SSSR count). The Labute approximate surface area is 88.9 Å². The van der Waals surface area contributed by atoms with E-state index in [0.717, 1.165) is 6.21 Å². The maximum atomic E-state index is 11.7. The highest BCUT2D eigenvalue weighted by atomic mass is 32.2. The number of nitrogens with two attached hydrogens (primary N) is 1. The van der Waals surface area contributed by atoms with E-state index in [1.54, 1.807) is 18.2 Å². The van der Waals surface area contributed by atoms with Crippen LogP contribution in [0, 0.1) is 5.41 Å². The van der Waals surface area contributed by atoms with Crippen molar-refractivity contribution < 1.29 is 8.42 Å². The summed E-state index contributed by atoms with van der Waals surface area (Å²) < 4.78 is 23.4. The van der Waals surface area contributed by atoms with Crippen molar-refractivity contribution >= 4 is 16.1 Å². The third-order valence-electron chi connectivity index (χ3n) is 1.76. The lowest BCUT2D eigenvalue weighted by molar-refractivity contribution is 0.598. The zero-order valence-corrected chi connectivity index (χ0v) is 8.87. The second-order valence-corrected chi connectivity index (χ2v) is 4.97. The van der Waals surface area contributed by atoms with Crippen LogP contribution in [0.15, 0.2) is 47.0 Å². The van der Waals surface area contributed by atoms with Gasteiger partial charge in [-0.15, -0.1) is 0 Å². The molecular weight excluding hydrogens is 212 g/mol. The smallest absolute Gasteiger partial charge is 0.183 e. The SMILES string of the molecule is N=C/C=C(\N)CS(=O)(=O)c1ccccc1. The van der Waals surface area contributed by atoms with Crippen molar-refractivity contribution in [2.45, 2.75) is 4.90 Å². The van der Waals surface area contributed by atoms with Gasteiger partial charge in [-0.25, -0.2) is 8.42 Å². The van der Waals surface area contributed by atoms with Crippen LogP contribution in [0.5, 0.6) is 0 Å². The van der Waals surface area contributed by atoms with Gasteiger partial charge in [0, 0.05) is 11.9 Å². The molecule has 0 aromatic heterocycles. The Morgan fingerprint density at radius 2 is 1.93 bits per heavy atom. The Morgan fingerprint density at radius 1 is 1.33 bits per heavy atom. The van der Waals surface area contributed by atoms with Gasteiger partial charge in [-0.2, -0.15) is 0 Å². The quantitative estimate of drug-likeness (QED) is 0.747. The summed E-state index contributed by atoms with van der Waals surface area (Å²) in [4.78, 5) is 0.242. The molecule has 15 heavy (non-hydrogen) atoms. The first kappa shape index (κ1) is 11.5. The van der Waals surface area contributed by atoms with Gasteiger partial charge >= 0.3 is 0 Å². The minimum Gasteiger partial charge on any atom is -0.401 e. The largest absolute Gasteiger partial charge is 0.401 e. The summed E-state index contributed by atoms with van der Waals surface area (Å²) in [6.45, 7) is 0. The first-order valence-electron chi connectivity index (χ1n) is 4.29. The molecule has 0 heterocycles. The number of hydrogen-bond acceptors (Lipinski definition) is 4. The molecule has 0 saturated heterocycles. The molecule has 0 aliphatic rings. The molecular formula is C10H12N2O2S. The highest BCUT2D eigenvalue weighted by Crippen LogP contribution is 2.11. The zero-order valence-electron chi connectivity index (χ0n) is 8.05. The van der Waals surface area contributed by atoms with Crippen LogP contribution in [-0.2, 0) is 9.84 Å². The Hall–Kier alpha value is -1.62. The van der Waals surface area contributed by atoms with Crippen LogP contribution in [0.1, 0.15) is 0 Å². The van der Waals surface area contributed by atoms with E-state index in [1.165, 1.54) is 18.2 Å². The minimum absolute atomic E-state index is 0.161. The third kappa shape index (κ3) is 3.21. The lowest BCUT2D eigenvalue weighted by Crippen LogP contribution is -2.14. The Balaban J connectivity index is 2.96. The molecule has 0 atom stereocenters. The molecule has 0 spiro atoms. The van der Waals surface area contributed by atoms with Gasteiger partial charge in [-0.3, -0.25) is 0 Å². The van der Waals surface area contributed by atoms with E-state index in [4.69, 9.17) is 11.1 Å². The predicted molar refractivity (Wildman–Crippen MR) is 59.5 cm³/mol. The Bertz CT molecular complexity index is 463. The van der Waals surface area contributed by atoms with Crippen molar-refractivity contribution in [1.82, 2.24) is 0 Å². The summed E-state index contributed by atoms with van der Waals surface area (Å²) in [7, 11) is -3.38. The standard InChI is InChI=1S/C10H12N2O2S/c11-7-6-9(12)8-15(13,14)10-4-2-1-3-5-10/h1-7,11H,8,12H2/b9-6-,11-7?. The van der Waals surface area contributed by atoms with Gasteiger partial charge in [0.15, 0.2) is 9.84 Å². The second kappa shape index (κ2) is 4.75. The molecule has 1 aromatic carbocycles. The van der Waals surface area contributed by atoms with Crippen molar-refractivity contribution in [2.75, 3.05) is 5.75 Å². The molecule has 0 radical (unpaired) electrons. The average molecular weight is 224 g/mol. The molecule has 0 amide bonds. The average Bonchev–Trinajstić information content (AvgIpc) is 2.18. The fourth-order valence-electron chi connectivity index (χ4n) is 1.09. The minimum atomic E-state index is -3.38. The maximum absolute atomic E-state index is 11.7. The molecule has 0 saturated carbocycles. The van der Waals surface area contributed by atoms with Crippen LogP contribution >= 0.6 is 0 Å². The number of nitrogens with one attached hydrogen (secondary N) is 1. The number of allylic oxidation sites excluding steroid dienone is 1. The van der Waals surface area contributed by atoms with Crippen molar-refractivity contribution in [3.63, 3.8) is 0 Å². The van der Waals surface area contributed by atoms with Crippen molar-refractivity contribution in [2.24, 2.45) is 5.73 Å². The maximum Gasteiger partial charge on any atom is 0.183 e. The lowest BCUT2D eigenvalue weighted by atomic mass is 10.4. The van der Waals surface area contributed by atoms with Crippen LogP contribution in [0.3, 0.4) is 0 Å². The molecule has 0 unspecified atom stereocenters. The van der Waals surface area contributed by atoms with E-state index < -0.39 is 9.84 Å². The number of sulfone groups is 1. The van der Waals surface area contributed by atoms with E-state index in [1.807, 2.05) is 0 Å². The Morgan fingerprint density at radius 3 is 2.47 bits per heavy atom. The fraction of sp³-hybridized carbons (Fsp3) is 0.100. The van der Waals surface area contributed by atoms with E-state index in [9.17, 15) is 8.42 Å². The summed E-state index contributed by atoms with van der Waals surface area (Å²) in [5.74, 6) is -0.258. The molecule has 4 nitrogen and oxygen atoms in total. The first-order chi connectivity index (χ1) is 7.06. The van der Waals surface area contributed by atoms with Gasteiger partial charge in [0.1, 0.15) is 0 Å². The third-order valence-corrected chi connectivity index (χ3v) is 3.46. The van der Waals surface area contributed by atoms with Gasteiger partial charge < -0.3 is 11.1 Å². The zero-order chi connectivity index (χ0) is 11.3. The normalized spacial score (nSPS) is 12.4.